The first-order valence-corrected chi connectivity index (χ1v) is 18.5. The summed E-state index contributed by atoms with van der Waals surface area (Å²) >= 11 is 0. The van der Waals surface area contributed by atoms with E-state index in [1.807, 2.05) is 49.4 Å². The Morgan fingerprint density at radius 1 is 1.04 bits per heavy atom. The van der Waals surface area contributed by atoms with E-state index >= 15 is 0 Å². The first-order chi connectivity index (χ1) is 25.7. The van der Waals surface area contributed by atoms with Gasteiger partial charge in [-0.2, -0.15) is 0 Å². The molecule has 11 heteroatoms. The Morgan fingerprint density at radius 2 is 1.81 bits per heavy atom. The number of hydrogen-bond acceptors (Lipinski definition) is 8. The number of ether oxygens (including phenoxy) is 1. The van der Waals surface area contributed by atoms with Gasteiger partial charge in [-0.1, -0.05) is 49.4 Å². The highest BCUT2D eigenvalue weighted by Gasteiger charge is 2.52. The Bertz CT molecular complexity index is 1880. The third-order valence-electron chi connectivity index (χ3n) is 10.6. The standard InChI is InChI=1S/C42H50N4O7/c1-4-20-44-38-17-15-32(46-37-18-16-34(53-5-2)23-31(37)24-36(40(46)50)43-19-8-9-21-47)25-35(38)42(52,41(44)51)28(3)11-10-14-39(49)45-26-30-13-7-6-12-29(30)22-33(45)27-48/h4,6-7,10-13,15-18,23,25,28,33,36,43,47-48,52H,1,5,8-9,14,19-22,24,26-27H2,2-3H3/b11-10+/t28-,33+,36?,42+/m1/s1. The molecule has 3 heterocycles. The van der Waals surface area contributed by atoms with E-state index in [9.17, 15) is 29.7 Å². The fourth-order valence-electron chi connectivity index (χ4n) is 7.78. The number of hydrogen-bond donors (Lipinski definition) is 4. The normalized spacial score (nSPS) is 21.4. The van der Waals surface area contributed by atoms with Crippen LogP contribution in [0.1, 0.15) is 55.4 Å². The summed E-state index contributed by atoms with van der Waals surface area (Å²) in [6.45, 7) is 9.04. The summed E-state index contributed by atoms with van der Waals surface area (Å²) in [4.78, 5) is 46.6. The molecule has 1 unspecified atom stereocenters. The van der Waals surface area contributed by atoms with E-state index in [0.717, 1.165) is 16.7 Å². The number of unbranched alkanes of at least 4 members (excludes halogenated alkanes) is 1. The zero-order valence-corrected chi connectivity index (χ0v) is 30.5. The molecule has 280 valence electrons. The predicted octanol–water partition coefficient (Wildman–Crippen LogP) is 4.29. The number of nitrogens with zero attached hydrogens (tertiary/aromatic N) is 3. The third-order valence-corrected chi connectivity index (χ3v) is 10.6. The van der Waals surface area contributed by atoms with E-state index in [1.165, 1.54) is 4.90 Å². The maximum Gasteiger partial charge on any atom is 0.264 e. The molecule has 11 nitrogen and oxygen atoms in total. The molecule has 0 saturated carbocycles. The van der Waals surface area contributed by atoms with Gasteiger partial charge in [0.2, 0.25) is 11.8 Å². The number of carbonyl (C=O) groups excluding carboxylic acids is 3. The molecule has 0 saturated heterocycles. The van der Waals surface area contributed by atoms with E-state index in [1.54, 1.807) is 53.2 Å². The van der Waals surface area contributed by atoms with Crippen molar-refractivity contribution in [3.63, 3.8) is 0 Å². The SMILES string of the molecule is C=CCN1C(=O)[C@](O)([C@H](C)/C=C/CC(=O)N2Cc3ccccc3C[C@H]2CO)c2cc(N3C(=O)C(NCCCCO)Cc4cc(OCC)ccc43)ccc21. The maximum absolute atomic E-state index is 14.2. The summed E-state index contributed by atoms with van der Waals surface area (Å²) in [5.41, 5.74) is 3.16. The van der Waals surface area contributed by atoms with E-state index in [2.05, 4.69) is 11.9 Å². The van der Waals surface area contributed by atoms with Crippen LogP contribution < -0.4 is 19.9 Å². The van der Waals surface area contributed by atoms with E-state index < -0.39 is 23.5 Å². The molecule has 3 aliphatic heterocycles. The van der Waals surface area contributed by atoms with Crippen LogP contribution in [0, 0.1) is 5.92 Å². The number of aliphatic hydroxyl groups is 3. The number of anilines is 3. The molecule has 3 amide bonds. The summed E-state index contributed by atoms with van der Waals surface area (Å²) in [5.74, 6) is -0.895. The Kier molecular flexibility index (Phi) is 11.8. The summed E-state index contributed by atoms with van der Waals surface area (Å²) in [6, 6.07) is 17.9. The second kappa shape index (κ2) is 16.5. The first-order valence-electron chi connectivity index (χ1n) is 18.5. The van der Waals surface area contributed by atoms with Gasteiger partial charge in [0.25, 0.3) is 5.91 Å². The lowest BCUT2D eigenvalue weighted by Crippen LogP contribution is -2.49. The highest BCUT2D eigenvalue weighted by Crippen LogP contribution is 2.48. The van der Waals surface area contributed by atoms with Crippen molar-refractivity contribution in [1.29, 1.82) is 0 Å². The van der Waals surface area contributed by atoms with Gasteiger partial charge in [-0.3, -0.25) is 19.3 Å². The number of benzene rings is 3. The van der Waals surface area contributed by atoms with Crippen LogP contribution in [0.15, 0.2) is 85.5 Å². The molecular weight excluding hydrogens is 672 g/mol. The number of aliphatic hydroxyl groups excluding tert-OH is 2. The van der Waals surface area contributed by atoms with Crippen molar-refractivity contribution in [2.75, 3.05) is 42.7 Å². The van der Waals surface area contributed by atoms with Gasteiger partial charge in [-0.25, -0.2) is 0 Å². The minimum absolute atomic E-state index is 0.0338. The molecule has 3 aromatic rings. The highest BCUT2D eigenvalue weighted by molar-refractivity contribution is 6.10. The molecule has 53 heavy (non-hydrogen) atoms. The topological polar surface area (TPSA) is 143 Å². The van der Waals surface area contributed by atoms with Crippen LogP contribution in [-0.2, 0) is 39.4 Å². The van der Waals surface area contributed by atoms with E-state index in [4.69, 9.17) is 4.74 Å². The first kappa shape index (κ1) is 37.9. The van der Waals surface area contributed by atoms with Crippen molar-refractivity contribution in [3.8, 4) is 5.75 Å². The smallest absolute Gasteiger partial charge is 0.264 e. The van der Waals surface area contributed by atoms with Gasteiger partial charge in [0.1, 0.15) is 5.75 Å². The Balaban J connectivity index is 1.30. The molecule has 0 aliphatic carbocycles. The second-order valence-corrected chi connectivity index (χ2v) is 14.0. The molecule has 0 radical (unpaired) electrons. The molecule has 3 aromatic carbocycles. The fourth-order valence-corrected chi connectivity index (χ4v) is 7.78. The van der Waals surface area contributed by atoms with Gasteiger partial charge in [-0.15, -0.1) is 6.58 Å². The summed E-state index contributed by atoms with van der Waals surface area (Å²) in [6.07, 6.45) is 7.37. The van der Waals surface area contributed by atoms with Crippen molar-refractivity contribution < 1.29 is 34.4 Å². The average molecular weight is 723 g/mol. The molecule has 0 bridgehead atoms. The second-order valence-electron chi connectivity index (χ2n) is 14.0. The number of amides is 3. The number of rotatable bonds is 15. The lowest BCUT2D eigenvalue weighted by Gasteiger charge is -2.36. The van der Waals surface area contributed by atoms with Crippen LogP contribution in [0.3, 0.4) is 0 Å². The summed E-state index contributed by atoms with van der Waals surface area (Å²) in [7, 11) is 0. The number of carbonyl (C=O) groups is 3. The molecule has 4 N–H and O–H groups in total. The van der Waals surface area contributed by atoms with Crippen LogP contribution in [0.4, 0.5) is 17.1 Å². The Labute approximate surface area is 311 Å². The Hall–Kier alpha value is -4.81. The van der Waals surface area contributed by atoms with Crippen molar-refractivity contribution >= 4 is 34.8 Å². The zero-order valence-electron chi connectivity index (χ0n) is 30.5. The summed E-state index contributed by atoms with van der Waals surface area (Å²) in [5, 5.41) is 35.1. The Morgan fingerprint density at radius 3 is 2.55 bits per heavy atom. The van der Waals surface area contributed by atoms with Crippen LogP contribution in [0.5, 0.6) is 5.75 Å². The van der Waals surface area contributed by atoms with Crippen molar-refractivity contribution in [2.45, 2.75) is 70.2 Å². The lowest BCUT2D eigenvalue weighted by molar-refractivity contribution is -0.139. The minimum atomic E-state index is -1.99. The minimum Gasteiger partial charge on any atom is -0.494 e. The van der Waals surface area contributed by atoms with Crippen LogP contribution >= 0.6 is 0 Å². The van der Waals surface area contributed by atoms with Gasteiger partial charge in [0.15, 0.2) is 5.60 Å². The summed E-state index contributed by atoms with van der Waals surface area (Å²) < 4.78 is 5.78. The van der Waals surface area contributed by atoms with Gasteiger partial charge in [0.05, 0.1) is 36.7 Å². The predicted molar refractivity (Wildman–Crippen MR) is 204 cm³/mol. The molecule has 0 fully saturated rings. The zero-order chi connectivity index (χ0) is 37.7. The highest BCUT2D eigenvalue weighted by atomic mass is 16.5. The van der Waals surface area contributed by atoms with Gasteiger partial charge < -0.3 is 35.2 Å². The third kappa shape index (κ3) is 7.39. The van der Waals surface area contributed by atoms with Crippen LogP contribution in [-0.4, -0.2) is 82.9 Å². The van der Waals surface area contributed by atoms with Crippen LogP contribution in [0.25, 0.3) is 0 Å². The number of fused-ring (bicyclic) bond motifs is 3. The fraction of sp³-hybridized carbons (Fsp3) is 0.405. The van der Waals surface area contributed by atoms with Gasteiger partial charge >= 0.3 is 0 Å². The molecule has 0 aromatic heterocycles. The van der Waals surface area contributed by atoms with Gasteiger partial charge in [0, 0.05) is 43.3 Å². The van der Waals surface area contributed by atoms with Crippen molar-refractivity contribution in [1.82, 2.24) is 10.2 Å². The molecule has 3 aliphatic rings. The average Bonchev–Trinajstić information content (AvgIpc) is 3.38. The molecular formula is C42H50N4O7. The molecule has 0 spiro atoms. The van der Waals surface area contributed by atoms with Gasteiger partial charge in [-0.05, 0) is 92.2 Å². The molecule has 6 rings (SSSR count). The maximum atomic E-state index is 14.2. The number of nitrogens with one attached hydrogen (secondary N) is 1. The lowest BCUT2D eigenvalue weighted by atomic mass is 9.82. The van der Waals surface area contributed by atoms with E-state index in [-0.39, 0.29) is 44.0 Å². The van der Waals surface area contributed by atoms with Crippen molar-refractivity contribution in [2.24, 2.45) is 5.92 Å². The van der Waals surface area contributed by atoms with Crippen LogP contribution in [0.2, 0.25) is 0 Å². The monoisotopic (exact) mass is 722 g/mol. The quantitative estimate of drug-likeness (QED) is 0.135. The molecule has 4 atom stereocenters. The van der Waals surface area contributed by atoms with E-state index in [0.29, 0.717) is 73.8 Å². The largest absolute Gasteiger partial charge is 0.494 e. The van der Waals surface area contributed by atoms with Crippen molar-refractivity contribution in [3.05, 3.63) is 108 Å².